The zero-order chi connectivity index (χ0) is 35.8. The first-order valence-electron chi connectivity index (χ1n) is 18.1. The van der Waals surface area contributed by atoms with Gasteiger partial charge in [0.1, 0.15) is 12.1 Å². The van der Waals surface area contributed by atoms with Gasteiger partial charge in [0, 0.05) is 33.9 Å². The van der Waals surface area contributed by atoms with Crippen molar-refractivity contribution in [3.05, 3.63) is 0 Å². The van der Waals surface area contributed by atoms with Gasteiger partial charge in [0.2, 0.25) is 17.6 Å². The molecule has 4 rings (SSSR count). The summed E-state index contributed by atoms with van der Waals surface area (Å²) in [4.78, 5) is 69.7. The van der Waals surface area contributed by atoms with E-state index in [2.05, 4.69) is 35.1 Å². The normalized spacial score (nSPS) is 26.4. The van der Waals surface area contributed by atoms with Crippen LogP contribution in [0.25, 0.3) is 0 Å². The molecular weight excluding hydrogens is 630 g/mol. The zero-order valence-corrected chi connectivity index (χ0v) is 31.6. The van der Waals surface area contributed by atoms with Crippen LogP contribution in [-0.4, -0.2) is 85.4 Å². The highest BCUT2D eigenvalue weighted by molar-refractivity contribution is 7.86. The van der Waals surface area contributed by atoms with E-state index >= 15 is 0 Å². The van der Waals surface area contributed by atoms with Gasteiger partial charge in [0.05, 0.1) is 11.6 Å². The Morgan fingerprint density at radius 2 is 1.56 bits per heavy atom. The molecule has 48 heavy (non-hydrogen) atoms. The minimum absolute atomic E-state index is 0.0209. The van der Waals surface area contributed by atoms with Crippen LogP contribution in [0, 0.1) is 22.7 Å². The average Bonchev–Trinajstić information content (AvgIpc) is 3.83. The Kier molecular flexibility index (Phi) is 11.5. The summed E-state index contributed by atoms with van der Waals surface area (Å²) in [6.07, 6.45) is 7.85. The number of nitrogens with one attached hydrogen (secondary N) is 4. The molecule has 0 aromatic carbocycles. The number of likely N-dealkylation sites (tertiary alicyclic amines) is 1. The van der Waals surface area contributed by atoms with Crippen molar-refractivity contribution in [3.8, 4) is 0 Å². The third-order valence-corrected chi connectivity index (χ3v) is 13.2. The molecule has 0 bridgehead atoms. The van der Waals surface area contributed by atoms with E-state index < -0.39 is 68.3 Å². The number of urea groups is 1. The summed E-state index contributed by atoms with van der Waals surface area (Å²) >= 11 is 0. The number of fused-ring (bicyclic) bond motifs is 1. The molecule has 272 valence electrons. The molecule has 5 amide bonds. The Labute approximate surface area is 290 Å². The van der Waals surface area contributed by atoms with E-state index in [0.717, 1.165) is 51.4 Å². The number of rotatable bonds is 13. The minimum atomic E-state index is -1.17. The van der Waals surface area contributed by atoms with Gasteiger partial charge < -0.3 is 26.2 Å². The van der Waals surface area contributed by atoms with Crippen molar-refractivity contribution in [1.82, 2.24) is 26.2 Å². The Morgan fingerprint density at radius 3 is 2.10 bits per heavy atom. The highest BCUT2D eigenvalue weighted by Gasteiger charge is 2.70. The molecule has 3 saturated carbocycles. The summed E-state index contributed by atoms with van der Waals surface area (Å²) < 4.78 is 12.8. The van der Waals surface area contributed by atoms with Crippen LogP contribution in [0.3, 0.4) is 0 Å². The first-order chi connectivity index (χ1) is 22.2. The van der Waals surface area contributed by atoms with Gasteiger partial charge in [-0.1, -0.05) is 73.6 Å². The van der Waals surface area contributed by atoms with Crippen LogP contribution in [0.15, 0.2) is 0 Å². The number of hydrogen-bond acceptors (Lipinski definition) is 6. The Balaban J connectivity index is 1.53. The van der Waals surface area contributed by atoms with Crippen molar-refractivity contribution >= 4 is 40.3 Å². The summed E-state index contributed by atoms with van der Waals surface area (Å²) in [7, 11) is -1.17. The summed E-state index contributed by atoms with van der Waals surface area (Å²) in [6.45, 7) is 18.0. The summed E-state index contributed by atoms with van der Waals surface area (Å²) in [5.74, 6) is -1.75. The molecule has 4 fully saturated rings. The second kappa shape index (κ2) is 14.4. The van der Waals surface area contributed by atoms with E-state index in [-0.39, 0.29) is 29.2 Å². The van der Waals surface area contributed by atoms with Crippen molar-refractivity contribution < 1.29 is 28.2 Å². The molecule has 4 aliphatic rings. The lowest BCUT2D eigenvalue weighted by Gasteiger charge is -2.41. The minimum Gasteiger partial charge on any atom is -0.347 e. The molecule has 0 spiro atoms. The van der Waals surface area contributed by atoms with Crippen molar-refractivity contribution in [1.29, 1.82) is 0 Å². The van der Waals surface area contributed by atoms with E-state index in [4.69, 9.17) is 0 Å². The van der Waals surface area contributed by atoms with Crippen LogP contribution >= 0.6 is 0 Å². The first-order valence-corrected chi connectivity index (χ1v) is 19.5. The number of hydrogen-bond donors (Lipinski definition) is 4. The number of carbonyl (C=O) groups is 5. The molecule has 0 aromatic rings. The summed E-state index contributed by atoms with van der Waals surface area (Å²) in [6, 6.07) is -3.19. The molecule has 3 aliphatic carbocycles. The fraction of sp³-hybridized carbons (Fsp3) is 0.861. The summed E-state index contributed by atoms with van der Waals surface area (Å²) in [5.41, 5.74) is -1.48. The SMILES string of the molecule is CCCC[C@@H](NC(=O)[C@@H]1[C@@H]2[C@H](CN1C(=O)[C@@H](NC(=O)NC1(CS(=O)C(C)(C)C)CCCCC1)C(C)(C)C)C2(C)C)C(=O)C(=O)NC1CC1. The standard InChI is InChI=1S/C36H61N5O6S/c1-10-11-15-24(27(42)30(44)37-22-16-17-22)38-29(43)26-25-23(35(25,8)9)20-41(26)31(45)28(33(2,3)4)39-32(46)40-36(18-13-12-14-19-36)21-48(47)34(5,6)7/h22-26,28H,10-21H2,1-9H3,(H,37,44)(H,38,43)(H2,39,40,46)/t23-,24+,25-,26-,28+,48?/m0/s1. The maximum absolute atomic E-state index is 14.5. The van der Waals surface area contributed by atoms with Gasteiger partial charge in [-0.25, -0.2) is 4.79 Å². The lowest BCUT2D eigenvalue weighted by Crippen LogP contribution is -2.64. The third kappa shape index (κ3) is 8.80. The number of ketones is 1. The van der Waals surface area contributed by atoms with Crippen LogP contribution in [0.2, 0.25) is 0 Å². The maximum Gasteiger partial charge on any atom is 0.315 e. The number of carbonyl (C=O) groups excluding carboxylic acids is 5. The number of nitrogens with zero attached hydrogens (tertiary/aromatic N) is 1. The largest absolute Gasteiger partial charge is 0.347 e. The quantitative estimate of drug-likeness (QED) is 0.215. The van der Waals surface area contributed by atoms with Crippen LogP contribution in [0.1, 0.15) is 127 Å². The zero-order valence-electron chi connectivity index (χ0n) is 30.8. The maximum atomic E-state index is 14.5. The van der Waals surface area contributed by atoms with Crippen LogP contribution in [-0.2, 0) is 30.0 Å². The molecule has 11 nitrogen and oxygen atoms in total. The Bertz CT molecular complexity index is 1280. The average molecular weight is 692 g/mol. The van der Waals surface area contributed by atoms with E-state index in [1.807, 2.05) is 48.5 Å². The predicted octanol–water partition coefficient (Wildman–Crippen LogP) is 3.96. The van der Waals surface area contributed by atoms with Crippen molar-refractivity contribution in [2.45, 2.75) is 161 Å². The molecule has 6 atom stereocenters. The van der Waals surface area contributed by atoms with Gasteiger partial charge in [-0.05, 0) is 75.5 Å². The smallest absolute Gasteiger partial charge is 0.315 e. The van der Waals surface area contributed by atoms with Crippen molar-refractivity contribution in [3.63, 3.8) is 0 Å². The molecule has 0 aromatic heterocycles. The third-order valence-electron chi connectivity index (χ3n) is 11.0. The van der Waals surface area contributed by atoms with Gasteiger partial charge in [0.15, 0.2) is 0 Å². The number of unbranched alkanes of at least 4 members (excludes halogenated alkanes) is 1. The fourth-order valence-corrected chi connectivity index (χ4v) is 8.91. The molecule has 1 unspecified atom stereocenters. The summed E-state index contributed by atoms with van der Waals surface area (Å²) in [5, 5.41) is 11.8. The van der Waals surface area contributed by atoms with Crippen molar-refractivity contribution in [2.24, 2.45) is 22.7 Å². The number of amides is 5. The van der Waals surface area contributed by atoms with Gasteiger partial charge in [-0.3, -0.25) is 23.4 Å². The van der Waals surface area contributed by atoms with E-state index in [9.17, 15) is 28.2 Å². The van der Waals surface area contributed by atoms with Gasteiger partial charge in [0.25, 0.3) is 5.91 Å². The highest BCUT2D eigenvalue weighted by Crippen LogP contribution is 2.65. The topological polar surface area (TPSA) is 154 Å². The second-order valence-electron chi connectivity index (χ2n) is 17.5. The Hall–Kier alpha value is -2.50. The monoisotopic (exact) mass is 691 g/mol. The molecule has 12 heteroatoms. The van der Waals surface area contributed by atoms with E-state index in [1.54, 1.807) is 4.90 Å². The molecule has 1 aliphatic heterocycles. The first kappa shape index (κ1) is 38.3. The lowest BCUT2D eigenvalue weighted by atomic mass is 9.83. The van der Waals surface area contributed by atoms with E-state index in [0.29, 0.717) is 25.1 Å². The lowest BCUT2D eigenvalue weighted by molar-refractivity contribution is -0.145. The number of piperidine rings is 1. The van der Waals surface area contributed by atoms with Crippen LogP contribution < -0.4 is 21.3 Å². The predicted molar refractivity (Wildman–Crippen MR) is 187 cm³/mol. The fourth-order valence-electron chi connectivity index (χ4n) is 7.61. The highest BCUT2D eigenvalue weighted by atomic mass is 32.2. The van der Waals surface area contributed by atoms with Crippen LogP contribution in [0.5, 0.6) is 0 Å². The van der Waals surface area contributed by atoms with Gasteiger partial charge in [-0.2, -0.15) is 0 Å². The van der Waals surface area contributed by atoms with Crippen LogP contribution in [0.4, 0.5) is 4.79 Å². The second-order valence-corrected chi connectivity index (χ2v) is 19.7. The molecule has 1 heterocycles. The van der Waals surface area contributed by atoms with E-state index in [1.165, 1.54) is 0 Å². The van der Waals surface area contributed by atoms with Gasteiger partial charge in [-0.15, -0.1) is 0 Å². The van der Waals surface area contributed by atoms with Crippen molar-refractivity contribution in [2.75, 3.05) is 12.3 Å². The number of Topliss-reactive ketones (excluding diaryl/α,β-unsaturated/α-hetero) is 1. The molecule has 0 radical (unpaired) electrons. The molecule has 1 saturated heterocycles. The molecule has 4 N–H and O–H groups in total. The van der Waals surface area contributed by atoms with Gasteiger partial charge >= 0.3 is 6.03 Å². The molecular formula is C36H61N5O6S. The Morgan fingerprint density at radius 1 is 0.938 bits per heavy atom.